The number of halogens is 3. The normalized spacial score (nSPS) is 11.5. The van der Waals surface area contributed by atoms with Crippen molar-refractivity contribution in [2.75, 3.05) is 11.1 Å². The quantitative estimate of drug-likeness (QED) is 0.523. The third-order valence-corrected chi connectivity index (χ3v) is 4.95. The molecule has 1 N–H and O–H groups in total. The molecule has 0 fully saturated rings. The predicted molar refractivity (Wildman–Crippen MR) is 89.9 cm³/mol. The van der Waals surface area contributed by atoms with Crippen molar-refractivity contribution in [1.82, 2.24) is 9.97 Å². The van der Waals surface area contributed by atoms with Gasteiger partial charge < -0.3 is 10.1 Å². The van der Waals surface area contributed by atoms with E-state index in [9.17, 15) is 18.0 Å². The monoisotopic (exact) mass is 385 g/mol. The molecule has 1 amide bonds. The number of thioether (sulfide) groups is 1. The van der Waals surface area contributed by atoms with E-state index >= 15 is 0 Å². The van der Waals surface area contributed by atoms with Gasteiger partial charge in [0, 0.05) is 5.69 Å². The Morgan fingerprint density at radius 3 is 2.68 bits per heavy atom. The summed E-state index contributed by atoms with van der Waals surface area (Å²) in [5.41, 5.74) is 1.20. The molecule has 0 radical (unpaired) electrons. The minimum Gasteiger partial charge on any atom is -0.406 e. The molecule has 0 saturated heterocycles. The Balaban J connectivity index is 1.56. The average molecular weight is 385 g/mol. The Hall–Kier alpha value is -2.33. The van der Waals surface area contributed by atoms with Gasteiger partial charge in [-0.1, -0.05) is 11.8 Å². The highest BCUT2D eigenvalue weighted by atomic mass is 32.2. The van der Waals surface area contributed by atoms with Crippen molar-refractivity contribution >= 4 is 44.9 Å². The van der Waals surface area contributed by atoms with Crippen molar-refractivity contribution in [3.8, 4) is 5.75 Å². The summed E-state index contributed by atoms with van der Waals surface area (Å²) in [5, 5.41) is 5.22. The van der Waals surface area contributed by atoms with Crippen molar-refractivity contribution in [2.45, 2.75) is 11.4 Å². The molecule has 10 heteroatoms. The van der Waals surface area contributed by atoms with E-state index in [1.807, 2.05) is 11.4 Å². The smallest absolute Gasteiger partial charge is 0.406 e. The second-order valence-corrected chi connectivity index (χ2v) is 6.60. The minimum absolute atomic E-state index is 0.116. The van der Waals surface area contributed by atoms with Crippen LogP contribution in [-0.4, -0.2) is 28.0 Å². The third-order valence-electron chi connectivity index (χ3n) is 2.92. The summed E-state index contributed by atoms with van der Waals surface area (Å²) >= 11 is 2.76. The van der Waals surface area contributed by atoms with Crippen LogP contribution in [0.1, 0.15) is 0 Å². The van der Waals surface area contributed by atoms with E-state index in [-0.39, 0.29) is 17.4 Å². The maximum absolute atomic E-state index is 12.1. The number of nitrogens with zero attached hydrogens (tertiary/aromatic N) is 2. The van der Waals surface area contributed by atoms with Gasteiger partial charge in [0.25, 0.3) is 0 Å². The molecule has 25 heavy (non-hydrogen) atoms. The lowest BCUT2D eigenvalue weighted by Crippen LogP contribution is -2.17. The van der Waals surface area contributed by atoms with E-state index in [2.05, 4.69) is 20.0 Å². The summed E-state index contributed by atoms with van der Waals surface area (Å²) in [7, 11) is 0. The number of alkyl halides is 3. The molecule has 0 atom stereocenters. The lowest BCUT2D eigenvalue weighted by atomic mass is 10.3. The largest absolute Gasteiger partial charge is 0.573 e. The molecule has 3 rings (SSSR count). The number of rotatable bonds is 5. The van der Waals surface area contributed by atoms with Crippen LogP contribution in [0.4, 0.5) is 18.9 Å². The maximum Gasteiger partial charge on any atom is 0.573 e. The summed E-state index contributed by atoms with van der Waals surface area (Å²) in [6.07, 6.45) is -3.30. The third kappa shape index (κ3) is 4.83. The zero-order valence-electron chi connectivity index (χ0n) is 12.4. The predicted octanol–water partition coefficient (Wildman–Crippen LogP) is 4.32. The van der Waals surface area contributed by atoms with Crippen LogP contribution in [0.3, 0.4) is 0 Å². The minimum atomic E-state index is -4.74. The number of benzene rings is 1. The Morgan fingerprint density at radius 2 is 1.96 bits per heavy atom. The van der Waals surface area contributed by atoms with Crippen molar-refractivity contribution in [1.29, 1.82) is 0 Å². The first-order chi connectivity index (χ1) is 11.9. The summed E-state index contributed by atoms with van der Waals surface area (Å²) in [6.45, 7) is 0. The molecule has 2 aromatic heterocycles. The topological polar surface area (TPSA) is 64.1 Å². The lowest BCUT2D eigenvalue weighted by molar-refractivity contribution is -0.274. The Kier molecular flexibility index (Phi) is 5.09. The Bertz CT molecular complexity index is 882. The van der Waals surface area contributed by atoms with Gasteiger partial charge in [0.15, 0.2) is 0 Å². The van der Waals surface area contributed by atoms with Gasteiger partial charge in [-0.05, 0) is 35.7 Å². The van der Waals surface area contributed by atoms with Crippen LogP contribution < -0.4 is 10.1 Å². The van der Waals surface area contributed by atoms with Crippen LogP contribution in [-0.2, 0) is 4.79 Å². The van der Waals surface area contributed by atoms with E-state index in [0.717, 1.165) is 22.3 Å². The van der Waals surface area contributed by atoms with E-state index in [4.69, 9.17) is 0 Å². The van der Waals surface area contributed by atoms with E-state index in [0.29, 0.717) is 10.7 Å². The summed E-state index contributed by atoms with van der Waals surface area (Å²) < 4.78 is 41.0. The van der Waals surface area contributed by atoms with Gasteiger partial charge in [-0.25, -0.2) is 9.97 Å². The van der Waals surface area contributed by atoms with E-state index < -0.39 is 6.36 Å². The van der Waals surface area contributed by atoms with Crippen LogP contribution >= 0.6 is 23.1 Å². The van der Waals surface area contributed by atoms with Crippen molar-refractivity contribution in [3.63, 3.8) is 0 Å². The van der Waals surface area contributed by atoms with Crippen molar-refractivity contribution < 1.29 is 22.7 Å². The second kappa shape index (κ2) is 7.28. The van der Waals surface area contributed by atoms with Crippen LogP contribution in [0.25, 0.3) is 10.2 Å². The van der Waals surface area contributed by atoms with Crippen LogP contribution in [0, 0.1) is 0 Å². The van der Waals surface area contributed by atoms with Crippen LogP contribution in [0.2, 0.25) is 0 Å². The van der Waals surface area contributed by atoms with Gasteiger partial charge in [-0.15, -0.1) is 24.5 Å². The maximum atomic E-state index is 12.1. The molecule has 0 aliphatic rings. The molecule has 0 bridgehead atoms. The van der Waals surface area contributed by atoms with Crippen molar-refractivity contribution in [2.24, 2.45) is 0 Å². The zero-order valence-corrected chi connectivity index (χ0v) is 14.0. The number of fused-ring (bicyclic) bond motifs is 1. The van der Waals surface area contributed by atoms with Crippen LogP contribution in [0.15, 0.2) is 47.1 Å². The van der Waals surface area contributed by atoms with Gasteiger partial charge in [0.1, 0.15) is 17.1 Å². The average Bonchev–Trinajstić information content (AvgIpc) is 3.02. The number of carbonyl (C=O) groups excluding carboxylic acids is 1. The van der Waals surface area contributed by atoms with E-state index in [1.165, 1.54) is 41.6 Å². The molecule has 3 aromatic rings. The molecule has 130 valence electrons. The highest BCUT2D eigenvalue weighted by Gasteiger charge is 2.30. The molecular formula is C15H10F3N3O2S2. The highest BCUT2D eigenvalue weighted by Crippen LogP contribution is 2.29. The van der Waals surface area contributed by atoms with Gasteiger partial charge in [-0.2, -0.15) is 0 Å². The second-order valence-electron chi connectivity index (χ2n) is 4.72. The van der Waals surface area contributed by atoms with Gasteiger partial charge >= 0.3 is 6.36 Å². The summed E-state index contributed by atoms with van der Waals surface area (Å²) in [5.74, 6) is -0.524. The number of thiophene rings is 1. The summed E-state index contributed by atoms with van der Waals surface area (Å²) in [6, 6.07) is 6.82. The number of ether oxygens (including phenoxy) is 1. The molecule has 5 nitrogen and oxygen atoms in total. The van der Waals surface area contributed by atoms with Gasteiger partial charge in [0.2, 0.25) is 5.91 Å². The number of amides is 1. The first-order valence-electron chi connectivity index (χ1n) is 6.87. The van der Waals surface area contributed by atoms with E-state index in [1.54, 1.807) is 0 Å². The molecule has 2 heterocycles. The zero-order chi connectivity index (χ0) is 17.9. The molecule has 0 spiro atoms. The summed E-state index contributed by atoms with van der Waals surface area (Å²) in [4.78, 5) is 20.3. The number of nitrogens with one attached hydrogen (secondary N) is 1. The number of hydrogen-bond acceptors (Lipinski definition) is 6. The van der Waals surface area contributed by atoms with Gasteiger partial charge in [-0.3, -0.25) is 4.79 Å². The fraction of sp³-hybridized carbons (Fsp3) is 0.133. The molecule has 0 unspecified atom stereocenters. The fourth-order valence-corrected chi connectivity index (χ4v) is 3.69. The molecule has 0 saturated carbocycles. The fourth-order valence-electron chi connectivity index (χ4n) is 1.94. The number of anilines is 1. The van der Waals surface area contributed by atoms with Crippen molar-refractivity contribution in [3.05, 3.63) is 42.0 Å². The molecule has 0 aliphatic carbocycles. The number of carbonyl (C=O) groups is 1. The number of aromatic nitrogens is 2. The Labute approximate surface area is 148 Å². The number of hydrogen-bond donors (Lipinski definition) is 1. The SMILES string of the molecule is O=C(CSc1ncnc2ccsc12)Nc1ccc(OC(F)(F)F)cc1. The Morgan fingerprint density at radius 1 is 1.20 bits per heavy atom. The first kappa shape index (κ1) is 17.5. The standard InChI is InChI=1S/C15H10F3N3O2S2/c16-15(17,18)23-10-3-1-9(2-4-10)21-12(22)7-25-14-13-11(5-6-24-13)19-8-20-14/h1-6,8H,7H2,(H,21,22). The van der Waals surface area contributed by atoms with Gasteiger partial charge in [0.05, 0.1) is 16.0 Å². The molecule has 0 aliphatic heterocycles. The molecule has 1 aromatic carbocycles. The van der Waals surface area contributed by atoms with Crippen LogP contribution in [0.5, 0.6) is 5.75 Å². The molecular weight excluding hydrogens is 375 g/mol. The first-order valence-corrected chi connectivity index (χ1v) is 8.74. The highest BCUT2D eigenvalue weighted by molar-refractivity contribution is 8.00. The lowest BCUT2D eigenvalue weighted by Gasteiger charge is -2.10.